The Morgan fingerprint density at radius 3 is 2.24 bits per heavy atom. The van der Waals surface area contributed by atoms with Crippen molar-refractivity contribution in [1.29, 1.82) is 0 Å². The monoisotopic (exact) mass is 405 g/mol. The van der Waals surface area contributed by atoms with Gasteiger partial charge in [0.2, 0.25) is 0 Å². The van der Waals surface area contributed by atoms with Crippen LogP contribution in [0.3, 0.4) is 0 Å². The number of amides is 1. The number of unbranched alkanes of at least 4 members (excludes halogenated alkanes) is 8. The van der Waals surface area contributed by atoms with E-state index in [1.807, 2.05) is 0 Å². The lowest BCUT2D eigenvalue weighted by Gasteiger charge is -2.31. The number of hydrogen-bond acceptors (Lipinski definition) is 3. The molecule has 1 saturated heterocycles. The largest absolute Gasteiger partial charge is 0.465 e. The summed E-state index contributed by atoms with van der Waals surface area (Å²) < 4.78 is 18.8. The van der Waals surface area contributed by atoms with Gasteiger partial charge in [-0.15, -0.1) is 0 Å². The van der Waals surface area contributed by atoms with Crippen molar-refractivity contribution in [2.45, 2.75) is 77.6 Å². The molecule has 1 fully saturated rings. The van der Waals surface area contributed by atoms with E-state index in [0.29, 0.717) is 38.1 Å². The minimum atomic E-state index is -0.411. The van der Waals surface area contributed by atoms with E-state index in [1.165, 1.54) is 57.1 Å². The minimum absolute atomic E-state index is 0.134. The first kappa shape index (κ1) is 23.4. The zero-order valence-corrected chi connectivity index (χ0v) is 17.8. The van der Waals surface area contributed by atoms with Crippen LogP contribution in [0.2, 0.25) is 0 Å². The van der Waals surface area contributed by atoms with Crippen LogP contribution in [-0.4, -0.2) is 36.5 Å². The Hall–Kier alpha value is -1.91. The first-order chi connectivity index (χ1) is 14.1. The lowest BCUT2D eigenvalue weighted by atomic mass is 9.96. The van der Waals surface area contributed by atoms with Crippen LogP contribution in [0.4, 0.5) is 4.39 Å². The standard InChI is InChI=1S/C24H36FNO3/c1-2-3-4-5-6-7-8-9-10-18-29-24(28)20-14-16-26(17-15-20)23(27)21-12-11-13-22(25)19-21/h11-13,19-20H,2-10,14-18H2,1H3. The van der Waals surface area contributed by atoms with E-state index in [0.717, 1.165) is 12.8 Å². The van der Waals surface area contributed by atoms with Crippen LogP contribution in [0.25, 0.3) is 0 Å². The fourth-order valence-corrected chi connectivity index (χ4v) is 3.83. The zero-order chi connectivity index (χ0) is 20.9. The summed E-state index contributed by atoms with van der Waals surface area (Å²) >= 11 is 0. The molecule has 4 nitrogen and oxygen atoms in total. The van der Waals surface area contributed by atoms with Crippen molar-refractivity contribution in [3.8, 4) is 0 Å². The van der Waals surface area contributed by atoms with E-state index in [9.17, 15) is 14.0 Å². The maximum absolute atomic E-state index is 13.3. The smallest absolute Gasteiger partial charge is 0.309 e. The Labute approximate surface area is 174 Å². The highest BCUT2D eigenvalue weighted by molar-refractivity contribution is 5.94. The molecule has 1 aliphatic heterocycles. The molecular weight excluding hydrogens is 369 g/mol. The van der Waals surface area contributed by atoms with Crippen LogP contribution in [0, 0.1) is 11.7 Å². The second kappa shape index (κ2) is 13.3. The van der Waals surface area contributed by atoms with E-state index in [2.05, 4.69) is 6.92 Å². The quantitative estimate of drug-likeness (QED) is 0.328. The average Bonchev–Trinajstić information content (AvgIpc) is 2.74. The summed E-state index contributed by atoms with van der Waals surface area (Å²) in [5, 5.41) is 0. The number of nitrogens with zero attached hydrogens (tertiary/aromatic N) is 1. The lowest BCUT2D eigenvalue weighted by Crippen LogP contribution is -2.40. The van der Waals surface area contributed by atoms with E-state index >= 15 is 0 Å². The van der Waals surface area contributed by atoms with Crippen LogP contribution in [-0.2, 0) is 9.53 Å². The zero-order valence-electron chi connectivity index (χ0n) is 17.8. The number of ether oxygens (including phenoxy) is 1. The molecule has 5 heteroatoms. The predicted molar refractivity (Wildman–Crippen MR) is 113 cm³/mol. The third-order valence-corrected chi connectivity index (χ3v) is 5.68. The molecule has 1 amide bonds. The Kier molecular flexibility index (Phi) is 10.7. The second-order valence-corrected chi connectivity index (χ2v) is 8.07. The number of carbonyl (C=O) groups excluding carboxylic acids is 2. The molecule has 1 heterocycles. The van der Waals surface area contributed by atoms with Crippen molar-refractivity contribution in [3.63, 3.8) is 0 Å². The van der Waals surface area contributed by atoms with Crippen molar-refractivity contribution < 1.29 is 18.7 Å². The lowest BCUT2D eigenvalue weighted by molar-refractivity contribution is -0.150. The van der Waals surface area contributed by atoms with Gasteiger partial charge in [0.25, 0.3) is 5.91 Å². The van der Waals surface area contributed by atoms with Gasteiger partial charge in [0.15, 0.2) is 0 Å². The molecule has 1 aliphatic rings. The fraction of sp³-hybridized carbons (Fsp3) is 0.667. The summed E-state index contributed by atoms with van der Waals surface area (Å²) in [5.74, 6) is -0.857. The summed E-state index contributed by atoms with van der Waals surface area (Å²) in [6.45, 7) is 3.74. The van der Waals surface area contributed by atoms with Crippen molar-refractivity contribution >= 4 is 11.9 Å². The van der Waals surface area contributed by atoms with Crippen molar-refractivity contribution in [2.24, 2.45) is 5.92 Å². The highest BCUT2D eigenvalue weighted by atomic mass is 19.1. The molecule has 1 aromatic rings. The molecule has 0 unspecified atom stereocenters. The molecule has 0 spiro atoms. The summed E-state index contributed by atoms with van der Waals surface area (Å²) in [4.78, 5) is 26.4. The third kappa shape index (κ3) is 8.55. The molecule has 0 aliphatic carbocycles. The maximum atomic E-state index is 13.3. The number of hydrogen-bond donors (Lipinski definition) is 0. The Balaban J connectivity index is 1.55. The average molecular weight is 406 g/mol. The van der Waals surface area contributed by atoms with Crippen molar-refractivity contribution in [2.75, 3.05) is 19.7 Å². The topological polar surface area (TPSA) is 46.6 Å². The SMILES string of the molecule is CCCCCCCCCCCOC(=O)C1CCN(C(=O)c2cccc(F)c2)CC1. The van der Waals surface area contributed by atoms with Gasteiger partial charge in [-0.2, -0.15) is 0 Å². The molecular formula is C24H36FNO3. The minimum Gasteiger partial charge on any atom is -0.465 e. The van der Waals surface area contributed by atoms with Crippen LogP contribution in [0.1, 0.15) is 87.9 Å². The predicted octanol–water partition coefficient (Wildman–Crippen LogP) is 5.75. The molecule has 29 heavy (non-hydrogen) atoms. The number of piperidine rings is 1. The number of rotatable bonds is 12. The molecule has 162 valence electrons. The first-order valence-electron chi connectivity index (χ1n) is 11.3. The maximum Gasteiger partial charge on any atom is 0.309 e. The molecule has 0 radical (unpaired) electrons. The number of likely N-dealkylation sites (tertiary alicyclic amines) is 1. The van der Waals surface area contributed by atoms with Crippen LogP contribution < -0.4 is 0 Å². The third-order valence-electron chi connectivity index (χ3n) is 5.68. The van der Waals surface area contributed by atoms with Gasteiger partial charge in [0.05, 0.1) is 12.5 Å². The van der Waals surface area contributed by atoms with Gasteiger partial charge in [-0.05, 0) is 37.5 Å². The van der Waals surface area contributed by atoms with Gasteiger partial charge in [-0.3, -0.25) is 9.59 Å². The van der Waals surface area contributed by atoms with Gasteiger partial charge in [0.1, 0.15) is 5.82 Å². The Morgan fingerprint density at radius 2 is 1.62 bits per heavy atom. The highest BCUT2D eigenvalue weighted by Gasteiger charge is 2.28. The Morgan fingerprint density at radius 1 is 1.00 bits per heavy atom. The number of halogens is 1. The van der Waals surface area contributed by atoms with Crippen molar-refractivity contribution in [1.82, 2.24) is 4.90 Å². The molecule has 0 saturated carbocycles. The van der Waals surface area contributed by atoms with Gasteiger partial charge < -0.3 is 9.64 Å². The van der Waals surface area contributed by atoms with Gasteiger partial charge >= 0.3 is 5.97 Å². The van der Waals surface area contributed by atoms with Crippen LogP contribution in [0.5, 0.6) is 0 Å². The Bertz CT molecular complexity index is 626. The summed E-state index contributed by atoms with van der Waals surface area (Å²) in [7, 11) is 0. The molecule has 0 bridgehead atoms. The van der Waals surface area contributed by atoms with E-state index < -0.39 is 5.82 Å². The van der Waals surface area contributed by atoms with Gasteiger partial charge in [0, 0.05) is 18.7 Å². The van der Waals surface area contributed by atoms with Crippen LogP contribution in [0.15, 0.2) is 24.3 Å². The van der Waals surface area contributed by atoms with Gasteiger partial charge in [-0.25, -0.2) is 4.39 Å². The van der Waals surface area contributed by atoms with E-state index in [4.69, 9.17) is 4.74 Å². The van der Waals surface area contributed by atoms with E-state index in [1.54, 1.807) is 17.0 Å². The van der Waals surface area contributed by atoms with Gasteiger partial charge in [-0.1, -0.05) is 64.4 Å². The second-order valence-electron chi connectivity index (χ2n) is 8.07. The normalized spacial score (nSPS) is 14.8. The summed E-state index contributed by atoms with van der Waals surface area (Å²) in [5.41, 5.74) is 0.358. The highest BCUT2D eigenvalue weighted by Crippen LogP contribution is 2.21. The molecule has 0 aromatic heterocycles. The van der Waals surface area contributed by atoms with Crippen LogP contribution >= 0.6 is 0 Å². The molecule has 1 aromatic carbocycles. The molecule has 0 atom stereocenters. The number of carbonyl (C=O) groups is 2. The molecule has 0 N–H and O–H groups in total. The van der Waals surface area contributed by atoms with Crippen molar-refractivity contribution in [3.05, 3.63) is 35.6 Å². The molecule has 2 rings (SSSR count). The fourth-order valence-electron chi connectivity index (χ4n) is 3.83. The first-order valence-corrected chi connectivity index (χ1v) is 11.3. The number of esters is 1. The summed E-state index contributed by atoms with van der Waals surface area (Å²) in [6, 6.07) is 5.75. The number of benzene rings is 1. The van der Waals surface area contributed by atoms with E-state index in [-0.39, 0.29) is 17.8 Å². The summed E-state index contributed by atoms with van der Waals surface area (Å²) in [6.07, 6.45) is 12.4.